The highest BCUT2D eigenvalue weighted by Crippen LogP contribution is 2.26. The molecule has 6 aliphatic heterocycles. The van der Waals surface area contributed by atoms with Crippen LogP contribution in [0.1, 0.15) is 138 Å². The van der Waals surface area contributed by atoms with Crippen molar-refractivity contribution in [2.45, 2.75) is 150 Å². The number of nitrogens with zero attached hydrogens (tertiary/aromatic N) is 5. The van der Waals surface area contributed by atoms with Gasteiger partial charge in [0.25, 0.3) is 0 Å². The van der Waals surface area contributed by atoms with Crippen LogP contribution in [0.2, 0.25) is 0 Å². The van der Waals surface area contributed by atoms with Crippen LogP contribution in [0.5, 0.6) is 0 Å². The van der Waals surface area contributed by atoms with E-state index in [9.17, 15) is 33.6 Å². The summed E-state index contributed by atoms with van der Waals surface area (Å²) in [7, 11) is 0. The van der Waals surface area contributed by atoms with Gasteiger partial charge in [-0.25, -0.2) is 14.4 Å². The minimum atomic E-state index is -0.663. The van der Waals surface area contributed by atoms with Crippen molar-refractivity contribution in [3.63, 3.8) is 0 Å². The summed E-state index contributed by atoms with van der Waals surface area (Å²) in [4.78, 5) is 90.0. The van der Waals surface area contributed by atoms with Gasteiger partial charge in [-0.3, -0.25) is 19.2 Å². The van der Waals surface area contributed by atoms with Crippen LogP contribution in [0, 0.1) is 17.8 Å². The number of carbonyl (C=O) groups excluding carboxylic acids is 6. The first-order chi connectivity index (χ1) is 32.8. The van der Waals surface area contributed by atoms with E-state index in [1.54, 1.807) is 16.7 Å². The number of esters is 2. The third-order valence-electron chi connectivity index (χ3n) is 13.5. The van der Waals surface area contributed by atoms with Crippen molar-refractivity contribution < 1.29 is 62.4 Å². The molecule has 0 spiro atoms. The molecule has 2 atom stereocenters. The molecular weight excluding hydrogens is 893 g/mol. The van der Waals surface area contributed by atoms with Crippen LogP contribution in [-0.4, -0.2) is 195 Å². The van der Waals surface area contributed by atoms with E-state index in [0.717, 1.165) is 149 Å². The summed E-state index contributed by atoms with van der Waals surface area (Å²) < 4.78 is 25.1. The van der Waals surface area contributed by atoms with Crippen LogP contribution < -0.4 is 5.32 Å². The number of likely N-dealkylation sites (tertiary alicyclic amines) is 5. The number of Topliss-reactive ketones (excluding diaryl/α,β-unsaturated/α-hetero) is 1. The SMILES string of the molecule is C.CCOC(=O)C1CCN(C2CCCN(C(=O)OCC)CC2)CC1.CCOC(=O)C1CCNCC1.CCOC(=O)N1CCCC(=O)CC1.CCOC(=O)N1CCCC(N2CCC(C(=O)O)CC2)CC1. The molecule has 6 heterocycles. The van der Waals surface area contributed by atoms with Crippen molar-refractivity contribution in [1.82, 2.24) is 29.8 Å². The first-order valence-corrected chi connectivity index (χ1v) is 25.9. The van der Waals surface area contributed by atoms with E-state index < -0.39 is 5.97 Å². The van der Waals surface area contributed by atoms with Gasteiger partial charge >= 0.3 is 36.2 Å². The fourth-order valence-corrected chi connectivity index (χ4v) is 9.63. The highest BCUT2D eigenvalue weighted by atomic mass is 16.6. The predicted molar refractivity (Wildman–Crippen MR) is 262 cm³/mol. The Morgan fingerprint density at radius 1 is 0.464 bits per heavy atom. The molecule has 19 nitrogen and oxygen atoms in total. The largest absolute Gasteiger partial charge is 0.481 e. The maximum absolute atomic E-state index is 11.9. The summed E-state index contributed by atoms with van der Waals surface area (Å²) in [5, 5.41) is 12.3. The minimum absolute atomic E-state index is 0. The molecule has 6 rings (SSSR count). The molecule has 2 N–H and O–H groups in total. The van der Waals surface area contributed by atoms with Gasteiger partial charge in [0.2, 0.25) is 0 Å². The van der Waals surface area contributed by atoms with Gasteiger partial charge in [-0.2, -0.15) is 0 Å². The van der Waals surface area contributed by atoms with E-state index in [1.165, 1.54) is 0 Å². The molecule has 0 saturated carbocycles. The molecule has 0 aromatic heterocycles. The van der Waals surface area contributed by atoms with E-state index in [0.29, 0.717) is 71.0 Å². The number of hydrogen-bond acceptors (Lipinski definition) is 15. The normalized spacial score (nSPS) is 22.3. The first kappa shape index (κ1) is 60.9. The molecule has 3 amide bonds. The Morgan fingerprint density at radius 3 is 1.25 bits per heavy atom. The molecule has 398 valence electrons. The quantitative estimate of drug-likeness (QED) is 0.178. The Bertz CT molecular complexity index is 1520. The molecule has 2 unspecified atom stereocenters. The second-order valence-electron chi connectivity index (χ2n) is 18.1. The summed E-state index contributed by atoms with van der Waals surface area (Å²) >= 11 is 0. The van der Waals surface area contributed by atoms with Crippen molar-refractivity contribution in [2.24, 2.45) is 17.8 Å². The van der Waals surface area contributed by atoms with E-state index >= 15 is 0 Å². The summed E-state index contributed by atoms with van der Waals surface area (Å²) in [5.74, 6) is -0.446. The number of aliphatic carboxylic acids is 1. The third-order valence-corrected chi connectivity index (χ3v) is 13.5. The van der Waals surface area contributed by atoms with Crippen LogP contribution in [0.25, 0.3) is 0 Å². The van der Waals surface area contributed by atoms with Gasteiger partial charge in [0, 0.05) is 64.2 Å². The van der Waals surface area contributed by atoms with Gasteiger partial charge in [0.05, 0.1) is 50.8 Å². The molecule has 19 heteroatoms. The summed E-state index contributed by atoms with van der Waals surface area (Å²) in [6.07, 6.45) is 12.4. The van der Waals surface area contributed by atoms with Crippen molar-refractivity contribution in [1.29, 1.82) is 0 Å². The number of piperidine rings is 3. The number of amides is 3. The number of hydrogen-bond donors (Lipinski definition) is 2. The standard InChI is InChI=1S/C17H30N2O4.C15H26N2O4.C9H15NO3.C8H15NO2.CH4/c1-3-22-16(20)14-7-11-18(12-8-14)15-6-5-10-19(13-9-15)17(21)23-4-2;1-2-21-15(20)17-8-3-4-13(7-11-17)16-9-5-12(6-10-16)14(18)19;1-2-13-9(12)10-6-3-4-8(11)5-7-10;1-2-11-8(10)7-3-5-9-6-4-7;/h14-15H,3-13H2,1-2H3;12-13H,2-11H2,1H3,(H,18,19);2-7H2,1H3;7,9H,2-6H2,1H3;1H4. The smallest absolute Gasteiger partial charge is 0.409 e. The lowest BCUT2D eigenvalue weighted by atomic mass is 9.94. The Balaban J connectivity index is 0.000000327. The van der Waals surface area contributed by atoms with Crippen LogP contribution in [0.15, 0.2) is 0 Å². The number of carboxylic acids is 1. The number of rotatable bonds is 10. The monoisotopic (exact) mass is 983 g/mol. The lowest BCUT2D eigenvalue weighted by Gasteiger charge is -2.36. The highest BCUT2D eigenvalue weighted by Gasteiger charge is 2.33. The highest BCUT2D eigenvalue weighted by molar-refractivity contribution is 5.80. The van der Waals surface area contributed by atoms with E-state index in [-0.39, 0.29) is 61.2 Å². The van der Waals surface area contributed by atoms with Crippen LogP contribution in [0.3, 0.4) is 0 Å². The molecule has 0 aliphatic carbocycles. The molecule has 0 radical (unpaired) electrons. The maximum Gasteiger partial charge on any atom is 0.409 e. The van der Waals surface area contributed by atoms with Crippen molar-refractivity contribution in [3.8, 4) is 0 Å². The van der Waals surface area contributed by atoms with Crippen LogP contribution in [-0.2, 0) is 42.9 Å². The Hall–Kier alpha value is -4.23. The predicted octanol–water partition coefficient (Wildman–Crippen LogP) is 6.45. The zero-order valence-corrected chi connectivity index (χ0v) is 42.1. The number of ketones is 1. The Labute approximate surface area is 412 Å². The zero-order chi connectivity index (χ0) is 49.7. The van der Waals surface area contributed by atoms with Gasteiger partial charge in [-0.1, -0.05) is 7.43 Å². The summed E-state index contributed by atoms with van der Waals surface area (Å²) in [6, 6.07) is 0.983. The van der Waals surface area contributed by atoms with Gasteiger partial charge in [0.15, 0.2) is 0 Å². The Kier molecular flexibility index (Phi) is 30.9. The molecule has 0 aromatic rings. The average molecular weight is 983 g/mol. The number of carboxylic acid groups (broad SMARTS) is 1. The molecule has 6 aliphatic rings. The van der Waals surface area contributed by atoms with Gasteiger partial charge in [0.1, 0.15) is 5.78 Å². The number of nitrogens with one attached hydrogen (secondary N) is 1. The average Bonchev–Trinajstić information content (AvgIpc) is 3.86. The first-order valence-electron chi connectivity index (χ1n) is 25.9. The second-order valence-corrected chi connectivity index (χ2v) is 18.1. The lowest BCUT2D eigenvalue weighted by molar-refractivity contribution is -0.150. The van der Waals surface area contributed by atoms with Crippen LogP contribution >= 0.6 is 0 Å². The van der Waals surface area contributed by atoms with E-state index in [2.05, 4.69) is 15.1 Å². The molecule has 6 saturated heterocycles. The fraction of sp³-hybridized carbons (Fsp3) is 0.860. The van der Waals surface area contributed by atoms with Gasteiger partial charge in [-0.05, 0) is 157 Å². The van der Waals surface area contributed by atoms with Crippen molar-refractivity contribution >= 4 is 42.0 Å². The van der Waals surface area contributed by atoms with Crippen molar-refractivity contribution in [2.75, 3.05) is 112 Å². The number of ether oxygens (including phenoxy) is 5. The second kappa shape index (κ2) is 35.0. The molecule has 0 aromatic carbocycles. The van der Waals surface area contributed by atoms with Gasteiger partial charge < -0.3 is 58.6 Å². The fourth-order valence-electron chi connectivity index (χ4n) is 9.63. The summed E-state index contributed by atoms with van der Waals surface area (Å²) in [6.45, 7) is 21.1. The minimum Gasteiger partial charge on any atom is -0.481 e. The van der Waals surface area contributed by atoms with Crippen molar-refractivity contribution in [3.05, 3.63) is 0 Å². The zero-order valence-electron chi connectivity index (χ0n) is 42.1. The summed E-state index contributed by atoms with van der Waals surface area (Å²) in [5.41, 5.74) is 0. The molecule has 69 heavy (non-hydrogen) atoms. The topological polar surface area (TPSA) is 214 Å². The number of carbonyl (C=O) groups is 7. The Morgan fingerprint density at radius 2 is 0.841 bits per heavy atom. The third kappa shape index (κ3) is 22.6. The van der Waals surface area contributed by atoms with Crippen LogP contribution in [0.4, 0.5) is 14.4 Å². The lowest BCUT2D eigenvalue weighted by Crippen LogP contribution is -2.43. The molecule has 0 bridgehead atoms. The van der Waals surface area contributed by atoms with Gasteiger partial charge in [-0.15, -0.1) is 0 Å². The molecular formula is C50H90N6O13. The van der Waals surface area contributed by atoms with E-state index in [1.807, 2.05) is 32.6 Å². The molecule has 6 fully saturated rings. The maximum atomic E-state index is 11.9. The van der Waals surface area contributed by atoms with E-state index in [4.69, 9.17) is 28.8 Å².